The van der Waals surface area contributed by atoms with E-state index in [4.69, 9.17) is 58.0 Å². The lowest BCUT2D eigenvalue weighted by molar-refractivity contribution is -0.236. The van der Waals surface area contributed by atoms with Gasteiger partial charge in [-0.15, -0.1) is 13.2 Å². The van der Waals surface area contributed by atoms with Crippen LogP contribution in [0, 0.1) is 0 Å². The molecule has 0 saturated heterocycles. The summed E-state index contributed by atoms with van der Waals surface area (Å²) in [6.07, 6.45) is -4.50. The van der Waals surface area contributed by atoms with Gasteiger partial charge < -0.3 is 0 Å². The van der Waals surface area contributed by atoms with Crippen LogP contribution in [0.3, 0.4) is 0 Å². The number of alkyl halides is 8. The van der Waals surface area contributed by atoms with E-state index in [1.165, 1.54) is 0 Å². The van der Waals surface area contributed by atoms with Gasteiger partial charge in [-0.1, -0.05) is 71.3 Å². The summed E-state index contributed by atoms with van der Waals surface area (Å²) >= 11 is 28.6. The third kappa shape index (κ3) is 3.83. The lowest BCUT2D eigenvalue weighted by Crippen LogP contribution is -2.60. The Morgan fingerprint density at radius 3 is 2.10 bits per heavy atom. The average Bonchev–Trinajstić information content (AvgIpc) is 2.68. The number of hydrazone groups is 1. The molecule has 0 saturated carbocycles. The Labute approximate surface area is 139 Å². The van der Waals surface area contributed by atoms with E-state index in [-0.39, 0.29) is 11.4 Å². The second-order valence-corrected chi connectivity index (χ2v) is 7.78. The van der Waals surface area contributed by atoms with Crippen molar-refractivity contribution in [2.45, 2.75) is 40.4 Å². The van der Waals surface area contributed by atoms with Gasteiger partial charge in [0.15, 0.2) is 6.17 Å². The summed E-state index contributed by atoms with van der Waals surface area (Å²) in [6, 6.07) is 0. The molecule has 0 bridgehead atoms. The molecule has 0 aromatic rings. The fourth-order valence-corrected chi connectivity index (χ4v) is 2.33. The van der Waals surface area contributed by atoms with Crippen LogP contribution in [0.15, 0.2) is 5.10 Å². The van der Waals surface area contributed by atoms with Crippen molar-refractivity contribution in [1.29, 1.82) is 0 Å². The van der Waals surface area contributed by atoms with Crippen molar-refractivity contribution in [3.8, 4) is 0 Å². The van der Waals surface area contributed by atoms with Crippen LogP contribution < -0.4 is 0 Å². The Morgan fingerprint density at radius 1 is 1.15 bits per heavy atom. The first-order valence-corrected chi connectivity index (χ1v) is 7.42. The summed E-state index contributed by atoms with van der Waals surface area (Å²) in [5, 5.41) is 4.72. The molecule has 1 aliphatic rings. The highest BCUT2D eigenvalue weighted by Crippen LogP contribution is 2.52. The molecule has 0 fully saturated rings. The lowest BCUT2D eigenvalue weighted by Gasteiger charge is -2.41. The summed E-state index contributed by atoms with van der Waals surface area (Å²) in [5.41, 5.74) is 0. The molecule has 0 aromatic carbocycles. The molecule has 1 aliphatic heterocycles. The number of nitrogens with zero attached hydrogens (tertiary/aromatic N) is 3. The van der Waals surface area contributed by atoms with Crippen molar-refractivity contribution in [2.75, 3.05) is 6.54 Å². The molecule has 1 unspecified atom stereocenters. The molecule has 20 heavy (non-hydrogen) atoms. The standard InChI is InChI=1S/C9H11Cl5F3N3/c1-2-3-4-20-6(7(10,11)8(12,13)14)19(5-18-20)9(15,16)17/h5-6H,2-4H2,1H3. The maximum atomic E-state index is 13.0. The van der Waals surface area contributed by atoms with Gasteiger partial charge in [0.2, 0.25) is 8.13 Å². The van der Waals surface area contributed by atoms with Gasteiger partial charge in [-0.3, -0.25) is 5.01 Å². The van der Waals surface area contributed by atoms with Crippen molar-refractivity contribution in [1.82, 2.24) is 9.91 Å². The van der Waals surface area contributed by atoms with Crippen molar-refractivity contribution in [3.05, 3.63) is 0 Å². The summed E-state index contributed by atoms with van der Waals surface area (Å²) in [4.78, 5) is -0.0788. The predicted molar refractivity (Wildman–Crippen MR) is 76.5 cm³/mol. The van der Waals surface area contributed by atoms with Gasteiger partial charge in [0, 0.05) is 6.54 Å². The maximum Gasteiger partial charge on any atom is 0.487 e. The molecule has 0 spiro atoms. The summed E-state index contributed by atoms with van der Waals surface area (Å²) < 4.78 is 34.3. The van der Waals surface area contributed by atoms with E-state index >= 15 is 0 Å². The smallest absolute Gasteiger partial charge is 0.270 e. The van der Waals surface area contributed by atoms with Crippen LogP contribution in [-0.4, -0.2) is 43.4 Å². The average molecular weight is 395 g/mol. The van der Waals surface area contributed by atoms with E-state index in [1.54, 1.807) is 0 Å². The molecule has 0 radical (unpaired) electrons. The number of hydrogen-bond acceptors (Lipinski definition) is 3. The number of unbranched alkanes of at least 4 members (excludes halogenated alkanes) is 1. The summed E-state index contributed by atoms with van der Waals surface area (Å²) in [7, 11) is 0. The Bertz CT molecular complexity index is 369. The monoisotopic (exact) mass is 393 g/mol. The molecule has 3 nitrogen and oxygen atoms in total. The van der Waals surface area contributed by atoms with Crippen molar-refractivity contribution in [2.24, 2.45) is 5.10 Å². The normalized spacial score (nSPS) is 20.9. The zero-order chi connectivity index (χ0) is 15.8. The molecule has 0 N–H and O–H groups in total. The van der Waals surface area contributed by atoms with Crippen LogP contribution in [-0.2, 0) is 0 Å². The lowest BCUT2D eigenvalue weighted by atomic mass is 10.2. The van der Waals surface area contributed by atoms with Gasteiger partial charge in [-0.25, -0.2) is 4.90 Å². The first-order chi connectivity index (χ1) is 8.93. The van der Waals surface area contributed by atoms with Crippen LogP contribution in [0.1, 0.15) is 19.8 Å². The van der Waals surface area contributed by atoms with Gasteiger partial charge in [0.05, 0.1) is 0 Å². The Morgan fingerprint density at radius 2 is 1.70 bits per heavy atom. The van der Waals surface area contributed by atoms with E-state index in [1.807, 2.05) is 6.92 Å². The summed E-state index contributed by atoms with van der Waals surface area (Å²) in [6.45, 7) is 2.08. The fourth-order valence-electron chi connectivity index (χ4n) is 1.60. The Hall–Kier alpha value is 0.510. The van der Waals surface area contributed by atoms with Crippen LogP contribution in [0.2, 0.25) is 0 Å². The minimum atomic E-state index is -4.75. The molecule has 1 rings (SSSR count). The van der Waals surface area contributed by atoms with Gasteiger partial charge in [-0.05, 0) is 6.42 Å². The molecule has 118 valence electrons. The highest BCUT2D eigenvalue weighted by atomic mass is 35.6. The first kappa shape index (κ1) is 18.6. The van der Waals surface area contributed by atoms with Crippen molar-refractivity contribution in [3.63, 3.8) is 0 Å². The number of hydrogen-bond donors (Lipinski definition) is 0. The van der Waals surface area contributed by atoms with Gasteiger partial charge in [0.1, 0.15) is 6.34 Å². The van der Waals surface area contributed by atoms with Crippen molar-refractivity contribution < 1.29 is 13.2 Å². The minimum absolute atomic E-state index is 0.0788. The van der Waals surface area contributed by atoms with Crippen molar-refractivity contribution >= 4 is 64.3 Å². The predicted octanol–water partition coefficient (Wildman–Crippen LogP) is 4.74. The van der Waals surface area contributed by atoms with E-state index < -0.39 is 20.6 Å². The van der Waals surface area contributed by atoms with E-state index in [0.717, 1.165) is 11.4 Å². The third-order valence-corrected chi connectivity index (χ3v) is 5.04. The topological polar surface area (TPSA) is 18.8 Å². The molecule has 0 amide bonds. The number of halogens is 8. The molecular weight excluding hydrogens is 384 g/mol. The Kier molecular flexibility index (Phi) is 5.87. The second kappa shape index (κ2) is 6.32. The molecular formula is C9H11Cl5F3N3. The van der Waals surface area contributed by atoms with Gasteiger partial charge in [-0.2, -0.15) is 5.10 Å². The highest BCUT2D eigenvalue weighted by Gasteiger charge is 2.61. The molecule has 1 heterocycles. The second-order valence-electron chi connectivity index (χ2n) is 4.12. The fraction of sp³-hybridized carbons (Fsp3) is 0.889. The van der Waals surface area contributed by atoms with Crippen LogP contribution in [0.4, 0.5) is 13.2 Å². The first-order valence-electron chi connectivity index (χ1n) is 5.53. The molecule has 1 atom stereocenters. The van der Waals surface area contributed by atoms with Gasteiger partial charge >= 0.3 is 6.30 Å². The van der Waals surface area contributed by atoms with E-state index in [9.17, 15) is 13.2 Å². The molecule has 0 aliphatic carbocycles. The van der Waals surface area contributed by atoms with Crippen LogP contribution in [0.25, 0.3) is 0 Å². The zero-order valence-electron chi connectivity index (χ0n) is 10.1. The largest absolute Gasteiger partial charge is 0.487 e. The number of rotatable bonds is 4. The maximum absolute atomic E-state index is 13.0. The molecule has 0 aromatic heterocycles. The third-order valence-electron chi connectivity index (χ3n) is 2.61. The molecule has 11 heteroatoms. The quantitative estimate of drug-likeness (QED) is 0.506. The van der Waals surface area contributed by atoms with E-state index in [0.29, 0.717) is 12.8 Å². The highest BCUT2D eigenvalue weighted by molar-refractivity contribution is 6.75. The van der Waals surface area contributed by atoms with Crippen LogP contribution in [0.5, 0.6) is 0 Å². The SMILES string of the molecule is CCCCN1N=CN(C(F)(F)F)C1C(Cl)(Cl)C(Cl)(Cl)Cl. The van der Waals surface area contributed by atoms with Gasteiger partial charge in [0.25, 0.3) is 0 Å². The zero-order valence-corrected chi connectivity index (χ0v) is 13.9. The minimum Gasteiger partial charge on any atom is -0.270 e. The summed E-state index contributed by atoms with van der Waals surface area (Å²) in [5.74, 6) is 0. The Balaban J connectivity index is 3.11. The van der Waals surface area contributed by atoms with E-state index in [2.05, 4.69) is 5.10 Å². The van der Waals surface area contributed by atoms with Crippen LogP contribution >= 0.6 is 58.0 Å².